The van der Waals surface area contributed by atoms with Crippen LogP contribution in [0.3, 0.4) is 0 Å². The number of imide groups is 1. The molecule has 8 heteroatoms. The molecule has 3 heterocycles. The molecule has 2 N–H and O–H groups in total. The van der Waals surface area contributed by atoms with E-state index in [9.17, 15) is 14.4 Å². The van der Waals surface area contributed by atoms with Crippen molar-refractivity contribution < 1.29 is 14.4 Å². The van der Waals surface area contributed by atoms with Crippen molar-refractivity contribution in [3.05, 3.63) is 59.1 Å². The molecule has 0 radical (unpaired) electrons. The Bertz CT molecular complexity index is 1080. The van der Waals surface area contributed by atoms with Crippen LogP contribution in [-0.2, 0) is 19.9 Å². The van der Waals surface area contributed by atoms with Crippen LogP contribution in [0.2, 0.25) is 5.02 Å². The summed E-state index contributed by atoms with van der Waals surface area (Å²) in [6, 6.07) is 13.9. The summed E-state index contributed by atoms with van der Waals surface area (Å²) in [5, 5.41) is 6.67. The Morgan fingerprint density at radius 2 is 1.80 bits per heavy atom. The van der Waals surface area contributed by atoms with E-state index in [0.29, 0.717) is 22.8 Å². The van der Waals surface area contributed by atoms with Gasteiger partial charge in [0, 0.05) is 17.3 Å². The lowest BCUT2D eigenvalue weighted by atomic mass is 9.76. The maximum Gasteiger partial charge on any atom is 0.250 e. The number of fused-ring (bicyclic) bond motifs is 4. The number of hydrogen-bond donors (Lipinski definition) is 2. The molecule has 2 aromatic carbocycles. The molecule has 2 fully saturated rings. The highest BCUT2D eigenvalue weighted by molar-refractivity contribution is 7.98. The summed E-state index contributed by atoms with van der Waals surface area (Å²) in [5.41, 5.74) is 0.510. The van der Waals surface area contributed by atoms with Crippen LogP contribution in [0.5, 0.6) is 0 Å². The molecule has 2 aromatic rings. The maximum atomic E-state index is 13.7. The predicted molar refractivity (Wildman–Crippen MR) is 118 cm³/mol. The van der Waals surface area contributed by atoms with E-state index in [-0.39, 0.29) is 23.8 Å². The molecule has 6 nitrogen and oxygen atoms in total. The summed E-state index contributed by atoms with van der Waals surface area (Å²) in [7, 11) is 0. The van der Waals surface area contributed by atoms with E-state index >= 15 is 0 Å². The zero-order chi connectivity index (χ0) is 21.0. The molecule has 3 aliphatic heterocycles. The number of anilines is 2. The van der Waals surface area contributed by atoms with E-state index in [1.807, 2.05) is 30.5 Å². The van der Waals surface area contributed by atoms with Crippen molar-refractivity contribution in [3.8, 4) is 0 Å². The number of carbonyl (C=O) groups excluding carboxylic acids is 3. The smallest absolute Gasteiger partial charge is 0.250 e. The third-order valence-corrected chi connectivity index (χ3v) is 7.31. The summed E-state index contributed by atoms with van der Waals surface area (Å²) in [6.45, 7) is 0. The fourth-order valence-corrected chi connectivity index (χ4v) is 5.83. The van der Waals surface area contributed by atoms with Crippen molar-refractivity contribution in [2.75, 3.05) is 22.2 Å². The number of nitrogens with one attached hydrogen (secondary N) is 2. The molecule has 1 spiro atoms. The number of hydrogen-bond acceptors (Lipinski definition) is 5. The number of nitrogens with zero attached hydrogens (tertiary/aromatic N) is 1. The third kappa shape index (κ3) is 2.52. The van der Waals surface area contributed by atoms with Gasteiger partial charge in [0.05, 0.1) is 22.5 Å². The normalized spacial score (nSPS) is 29.5. The van der Waals surface area contributed by atoms with Crippen LogP contribution in [0.1, 0.15) is 12.0 Å². The third-order valence-electron chi connectivity index (χ3n) is 6.35. The number of amides is 3. The van der Waals surface area contributed by atoms with Gasteiger partial charge in [0.2, 0.25) is 17.7 Å². The van der Waals surface area contributed by atoms with Gasteiger partial charge in [-0.15, -0.1) is 0 Å². The molecule has 3 amide bonds. The second-order valence-corrected chi connectivity index (χ2v) is 9.20. The van der Waals surface area contributed by atoms with Gasteiger partial charge in [-0.25, -0.2) is 4.90 Å². The molecule has 0 bridgehead atoms. The molecule has 0 unspecified atom stereocenters. The van der Waals surface area contributed by atoms with Gasteiger partial charge >= 0.3 is 0 Å². The molecule has 5 rings (SSSR count). The molecule has 2 saturated heterocycles. The lowest BCUT2D eigenvalue weighted by Crippen LogP contribution is -2.53. The second kappa shape index (κ2) is 7.11. The Balaban J connectivity index is 1.66. The van der Waals surface area contributed by atoms with Crippen molar-refractivity contribution in [1.82, 2.24) is 5.32 Å². The van der Waals surface area contributed by atoms with Crippen LogP contribution in [-0.4, -0.2) is 35.8 Å². The summed E-state index contributed by atoms with van der Waals surface area (Å²) < 4.78 is 0. The van der Waals surface area contributed by atoms with Gasteiger partial charge in [0.15, 0.2) is 0 Å². The zero-order valence-electron chi connectivity index (χ0n) is 16.2. The summed E-state index contributed by atoms with van der Waals surface area (Å²) in [5.74, 6) is -1.61. The fourth-order valence-electron chi connectivity index (χ4n) is 5.12. The van der Waals surface area contributed by atoms with E-state index in [1.165, 1.54) is 4.90 Å². The van der Waals surface area contributed by atoms with Crippen LogP contribution >= 0.6 is 23.4 Å². The quantitative estimate of drug-likeness (QED) is 0.713. The number of halogens is 1. The monoisotopic (exact) mass is 441 g/mol. The second-order valence-electron chi connectivity index (χ2n) is 7.81. The first kappa shape index (κ1) is 19.6. The minimum absolute atomic E-state index is 0.285. The molecule has 3 aliphatic rings. The van der Waals surface area contributed by atoms with Gasteiger partial charge in [-0.2, -0.15) is 11.8 Å². The average molecular weight is 442 g/mol. The fraction of sp³-hybridized carbons (Fsp3) is 0.318. The van der Waals surface area contributed by atoms with E-state index in [0.717, 1.165) is 11.3 Å². The standard InChI is InChI=1S/C22H20ClN3O3S/c1-30-11-10-15-17-18(20(28)26(19(17)27)16-9-5-3-7-13(16)23)22(25-15)12-6-2-4-8-14(12)24-21(22)29/h2-9,15,17-18,25H,10-11H2,1H3,(H,24,29)/t15-,17-,18+,22-/m0/s1. The van der Waals surface area contributed by atoms with Gasteiger partial charge < -0.3 is 5.32 Å². The molecule has 0 saturated carbocycles. The van der Waals surface area contributed by atoms with E-state index in [1.54, 1.807) is 36.0 Å². The Hall–Kier alpha value is -2.35. The maximum absolute atomic E-state index is 13.7. The van der Waals surface area contributed by atoms with Crippen LogP contribution in [0.15, 0.2) is 48.5 Å². The van der Waals surface area contributed by atoms with Gasteiger partial charge in [0.1, 0.15) is 5.54 Å². The Labute approximate surface area is 183 Å². The first-order chi connectivity index (χ1) is 14.5. The number of thioether (sulfide) groups is 1. The van der Waals surface area contributed by atoms with Gasteiger partial charge in [0.25, 0.3) is 0 Å². The van der Waals surface area contributed by atoms with Crippen molar-refractivity contribution in [3.63, 3.8) is 0 Å². The van der Waals surface area contributed by atoms with Crippen LogP contribution in [0, 0.1) is 11.8 Å². The van der Waals surface area contributed by atoms with Crippen LogP contribution in [0.4, 0.5) is 11.4 Å². The molecular formula is C22H20ClN3O3S. The predicted octanol–water partition coefficient (Wildman–Crippen LogP) is 3.02. The molecule has 0 aromatic heterocycles. The highest BCUT2D eigenvalue weighted by Gasteiger charge is 2.70. The molecule has 0 aliphatic carbocycles. The lowest BCUT2D eigenvalue weighted by molar-refractivity contribution is -0.130. The Morgan fingerprint density at radius 3 is 2.57 bits per heavy atom. The van der Waals surface area contributed by atoms with Crippen LogP contribution < -0.4 is 15.5 Å². The molecule has 30 heavy (non-hydrogen) atoms. The number of carbonyl (C=O) groups is 3. The number of benzene rings is 2. The summed E-state index contributed by atoms with van der Waals surface area (Å²) in [6.07, 6.45) is 2.67. The molecular weight excluding hydrogens is 422 g/mol. The Kier molecular flexibility index (Phi) is 4.65. The minimum atomic E-state index is -1.26. The molecule has 4 atom stereocenters. The van der Waals surface area contributed by atoms with Crippen molar-refractivity contribution >= 4 is 52.5 Å². The highest BCUT2D eigenvalue weighted by Crippen LogP contribution is 2.54. The summed E-state index contributed by atoms with van der Waals surface area (Å²) >= 11 is 8.00. The SMILES string of the molecule is CSCC[C@@H]1N[C@]2(C(=O)Nc3ccccc32)[C@H]2C(=O)N(c3ccccc3Cl)C(=O)[C@@H]12. The lowest BCUT2D eigenvalue weighted by Gasteiger charge is -2.29. The largest absolute Gasteiger partial charge is 0.324 e. The van der Waals surface area contributed by atoms with Crippen molar-refractivity contribution in [1.29, 1.82) is 0 Å². The Morgan fingerprint density at radius 1 is 1.07 bits per heavy atom. The first-order valence-electron chi connectivity index (χ1n) is 9.80. The highest BCUT2D eigenvalue weighted by atomic mass is 35.5. The van der Waals surface area contributed by atoms with Crippen molar-refractivity contribution in [2.24, 2.45) is 11.8 Å². The topological polar surface area (TPSA) is 78.5 Å². The van der Waals surface area contributed by atoms with Gasteiger partial charge in [-0.1, -0.05) is 41.9 Å². The number of rotatable bonds is 4. The first-order valence-corrected chi connectivity index (χ1v) is 11.6. The molecule has 154 valence electrons. The van der Waals surface area contributed by atoms with E-state index in [4.69, 9.17) is 11.6 Å². The minimum Gasteiger partial charge on any atom is -0.324 e. The van der Waals surface area contributed by atoms with Gasteiger partial charge in [-0.3, -0.25) is 19.7 Å². The number of para-hydroxylation sites is 2. The zero-order valence-corrected chi connectivity index (χ0v) is 17.8. The average Bonchev–Trinajstić information content (AvgIpc) is 3.32. The van der Waals surface area contributed by atoms with Crippen molar-refractivity contribution in [2.45, 2.75) is 18.0 Å². The van der Waals surface area contributed by atoms with E-state index in [2.05, 4.69) is 10.6 Å². The summed E-state index contributed by atoms with van der Waals surface area (Å²) in [4.78, 5) is 41.7. The van der Waals surface area contributed by atoms with Crippen LogP contribution in [0.25, 0.3) is 0 Å². The van der Waals surface area contributed by atoms with E-state index < -0.39 is 17.4 Å². The van der Waals surface area contributed by atoms with Gasteiger partial charge in [-0.05, 0) is 36.6 Å².